The Hall–Kier alpha value is -4.00. The molecule has 146 valence electrons. The third-order valence-electron chi connectivity index (χ3n) is 4.19. The van der Waals surface area contributed by atoms with Crippen LogP contribution in [-0.2, 0) is 16.1 Å². The van der Waals surface area contributed by atoms with Crippen LogP contribution >= 0.6 is 0 Å². The van der Waals surface area contributed by atoms with Crippen molar-refractivity contribution in [2.45, 2.75) is 6.54 Å². The van der Waals surface area contributed by atoms with Crippen molar-refractivity contribution in [1.82, 2.24) is 5.32 Å². The average molecular weight is 390 g/mol. The number of ether oxygens (including phenoxy) is 3. The molecule has 1 aliphatic heterocycles. The highest BCUT2D eigenvalue weighted by molar-refractivity contribution is 6.39. The molecule has 0 saturated carbocycles. The van der Waals surface area contributed by atoms with E-state index < -0.39 is 11.8 Å². The number of carbonyl (C=O) groups excluding carboxylic acids is 2. The highest BCUT2D eigenvalue weighted by atomic mass is 16.7. The van der Waals surface area contributed by atoms with Gasteiger partial charge in [0, 0.05) is 12.2 Å². The third kappa shape index (κ3) is 4.65. The van der Waals surface area contributed by atoms with Gasteiger partial charge in [-0.25, -0.2) is 0 Å². The smallest absolute Gasteiger partial charge is 0.313 e. The summed E-state index contributed by atoms with van der Waals surface area (Å²) in [5, 5.41) is 5.14. The van der Waals surface area contributed by atoms with Gasteiger partial charge in [0.05, 0.1) is 0 Å². The lowest BCUT2D eigenvalue weighted by Crippen LogP contribution is -2.34. The summed E-state index contributed by atoms with van der Waals surface area (Å²) < 4.78 is 16.2. The quantitative estimate of drug-likeness (QED) is 0.652. The highest BCUT2D eigenvalue weighted by Gasteiger charge is 2.16. The molecule has 0 spiro atoms. The van der Waals surface area contributed by atoms with Crippen molar-refractivity contribution >= 4 is 17.5 Å². The molecule has 2 N–H and O–H groups in total. The van der Waals surface area contributed by atoms with E-state index in [0.717, 1.165) is 5.56 Å². The van der Waals surface area contributed by atoms with E-state index >= 15 is 0 Å². The summed E-state index contributed by atoms with van der Waals surface area (Å²) in [5.74, 6) is 1.15. The number of rotatable bonds is 5. The molecular weight excluding hydrogens is 372 g/mol. The van der Waals surface area contributed by atoms with Gasteiger partial charge in [0.1, 0.15) is 11.5 Å². The van der Waals surface area contributed by atoms with Crippen LogP contribution in [0.2, 0.25) is 0 Å². The Bertz CT molecular complexity index is 1020. The molecule has 0 atom stereocenters. The number of nitrogens with one attached hydrogen (secondary N) is 2. The van der Waals surface area contributed by atoms with Crippen LogP contribution < -0.4 is 24.8 Å². The van der Waals surface area contributed by atoms with Gasteiger partial charge in [0.25, 0.3) is 0 Å². The van der Waals surface area contributed by atoms with Gasteiger partial charge in [-0.15, -0.1) is 0 Å². The minimum Gasteiger partial charge on any atom is -0.457 e. The van der Waals surface area contributed by atoms with Crippen LogP contribution in [0, 0.1) is 0 Å². The van der Waals surface area contributed by atoms with E-state index in [1.54, 1.807) is 42.5 Å². The molecule has 0 aromatic heterocycles. The Kier molecular flexibility index (Phi) is 5.29. The molecule has 1 heterocycles. The summed E-state index contributed by atoms with van der Waals surface area (Å²) >= 11 is 0. The third-order valence-corrected chi connectivity index (χ3v) is 4.19. The number of hydrogen-bond donors (Lipinski definition) is 2. The molecule has 0 fully saturated rings. The van der Waals surface area contributed by atoms with E-state index in [9.17, 15) is 9.59 Å². The van der Waals surface area contributed by atoms with E-state index in [-0.39, 0.29) is 13.3 Å². The predicted molar refractivity (Wildman–Crippen MR) is 106 cm³/mol. The van der Waals surface area contributed by atoms with Crippen molar-refractivity contribution in [1.29, 1.82) is 0 Å². The second kappa shape index (κ2) is 8.35. The topological polar surface area (TPSA) is 85.9 Å². The number of anilines is 1. The molecular formula is C22H18N2O5. The maximum atomic E-state index is 12.1. The molecule has 2 amide bonds. The summed E-state index contributed by atoms with van der Waals surface area (Å²) in [6.45, 7) is 0.384. The second-order valence-electron chi connectivity index (χ2n) is 6.26. The monoisotopic (exact) mass is 390 g/mol. The minimum absolute atomic E-state index is 0.183. The maximum absolute atomic E-state index is 12.1. The van der Waals surface area contributed by atoms with E-state index in [4.69, 9.17) is 14.2 Å². The fourth-order valence-electron chi connectivity index (χ4n) is 2.73. The van der Waals surface area contributed by atoms with Crippen LogP contribution in [0.1, 0.15) is 5.56 Å². The largest absolute Gasteiger partial charge is 0.457 e. The Morgan fingerprint density at radius 2 is 1.55 bits per heavy atom. The number of benzene rings is 3. The number of fused-ring (bicyclic) bond motifs is 1. The van der Waals surface area contributed by atoms with Gasteiger partial charge in [0.2, 0.25) is 6.79 Å². The zero-order valence-electron chi connectivity index (χ0n) is 15.4. The molecule has 29 heavy (non-hydrogen) atoms. The predicted octanol–water partition coefficient (Wildman–Crippen LogP) is 3.46. The first kappa shape index (κ1) is 18.4. The molecule has 1 aliphatic rings. The molecule has 3 aromatic carbocycles. The van der Waals surface area contributed by atoms with Gasteiger partial charge in [-0.1, -0.05) is 24.3 Å². The lowest BCUT2D eigenvalue weighted by atomic mass is 10.2. The van der Waals surface area contributed by atoms with Crippen LogP contribution in [0.15, 0.2) is 72.8 Å². The van der Waals surface area contributed by atoms with E-state index in [1.807, 2.05) is 30.3 Å². The Morgan fingerprint density at radius 1 is 0.828 bits per heavy atom. The van der Waals surface area contributed by atoms with Crippen molar-refractivity contribution in [2.75, 3.05) is 12.1 Å². The fraction of sp³-hybridized carbons (Fsp3) is 0.0909. The van der Waals surface area contributed by atoms with Gasteiger partial charge >= 0.3 is 11.8 Å². The van der Waals surface area contributed by atoms with Crippen molar-refractivity contribution in [3.63, 3.8) is 0 Å². The molecule has 0 radical (unpaired) electrons. The summed E-state index contributed by atoms with van der Waals surface area (Å²) in [5.41, 5.74) is 1.30. The van der Waals surface area contributed by atoms with Crippen LogP contribution in [-0.4, -0.2) is 18.6 Å². The van der Waals surface area contributed by atoms with Gasteiger partial charge in [-0.05, 0) is 54.1 Å². The van der Waals surface area contributed by atoms with Crippen LogP contribution in [0.4, 0.5) is 5.69 Å². The molecule has 0 bridgehead atoms. The van der Waals surface area contributed by atoms with Gasteiger partial charge in [-0.3, -0.25) is 9.59 Å². The minimum atomic E-state index is -0.748. The van der Waals surface area contributed by atoms with Crippen LogP contribution in [0.5, 0.6) is 23.0 Å². The first-order valence-electron chi connectivity index (χ1n) is 8.98. The maximum Gasteiger partial charge on any atom is 0.313 e. The van der Waals surface area contributed by atoms with Crippen molar-refractivity contribution in [3.05, 3.63) is 78.4 Å². The van der Waals surface area contributed by atoms with Crippen molar-refractivity contribution in [2.24, 2.45) is 0 Å². The van der Waals surface area contributed by atoms with Gasteiger partial charge < -0.3 is 24.8 Å². The number of hydrogen-bond acceptors (Lipinski definition) is 5. The van der Waals surface area contributed by atoms with Gasteiger partial charge in [0.15, 0.2) is 11.5 Å². The van der Waals surface area contributed by atoms with Crippen LogP contribution in [0.3, 0.4) is 0 Å². The Labute approximate surface area is 167 Å². The number of para-hydroxylation sites is 1. The highest BCUT2D eigenvalue weighted by Crippen LogP contribution is 2.32. The Balaban J connectivity index is 1.28. The number of amides is 2. The fourth-order valence-corrected chi connectivity index (χ4v) is 2.73. The van der Waals surface area contributed by atoms with E-state index in [2.05, 4.69) is 10.6 Å². The lowest BCUT2D eigenvalue weighted by Gasteiger charge is -2.09. The summed E-state index contributed by atoms with van der Waals surface area (Å²) in [7, 11) is 0. The molecule has 0 aliphatic carbocycles. The van der Waals surface area contributed by atoms with E-state index in [1.165, 1.54) is 0 Å². The molecule has 0 unspecified atom stereocenters. The lowest BCUT2D eigenvalue weighted by molar-refractivity contribution is -0.136. The first-order chi connectivity index (χ1) is 14.2. The van der Waals surface area contributed by atoms with Crippen molar-refractivity contribution in [3.8, 4) is 23.0 Å². The Morgan fingerprint density at radius 3 is 2.34 bits per heavy atom. The van der Waals surface area contributed by atoms with Gasteiger partial charge in [-0.2, -0.15) is 0 Å². The molecule has 4 rings (SSSR count). The normalized spacial score (nSPS) is 11.6. The zero-order chi connectivity index (χ0) is 20.1. The summed E-state index contributed by atoms with van der Waals surface area (Å²) in [6, 6.07) is 21.5. The molecule has 0 saturated heterocycles. The van der Waals surface area contributed by atoms with Crippen molar-refractivity contribution < 1.29 is 23.8 Å². The SMILES string of the molecule is O=C(NCc1ccc2c(c1)OCO2)C(=O)Nc1ccc(Oc2ccccc2)cc1. The molecule has 7 heteroatoms. The summed E-state index contributed by atoms with van der Waals surface area (Å²) in [4.78, 5) is 24.2. The standard InChI is InChI=1S/C22H18N2O5/c25-21(23-13-15-6-11-19-20(12-15)28-14-27-19)22(26)24-16-7-9-18(10-8-16)29-17-4-2-1-3-5-17/h1-12H,13-14H2,(H,23,25)(H,24,26). The average Bonchev–Trinajstić information content (AvgIpc) is 3.22. The first-order valence-corrected chi connectivity index (χ1v) is 8.98. The zero-order valence-corrected chi connectivity index (χ0v) is 15.4. The number of carbonyl (C=O) groups is 2. The molecule has 3 aromatic rings. The van der Waals surface area contributed by atoms with E-state index in [0.29, 0.717) is 28.7 Å². The second-order valence-corrected chi connectivity index (χ2v) is 6.26. The molecule has 7 nitrogen and oxygen atoms in total. The van der Waals surface area contributed by atoms with Crippen LogP contribution in [0.25, 0.3) is 0 Å². The summed E-state index contributed by atoms with van der Waals surface area (Å²) in [6.07, 6.45) is 0.